The fourth-order valence-corrected chi connectivity index (χ4v) is 1.99. The maximum absolute atomic E-state index is 4.24. The molecule has 0 aromatic carbocycles. The van der Waals surface area contributed by atoms with Crippen LogP contribution in [0.15, 0.2) is 24.4 Å². The van der Waals surface area contributed by atoms with Crippen LogP contribution in [0.1, 0.15) is 18.8 Å². The summed E-state index contributed by atoms with van der Waals surface area (Å²) < 4.78 is 2.03. The molecule has 84 valence electrons. The molecule has 1 aliphatic rings. The van der Waals surface area contributed by atoms with Gasteiger partial charge in [-0.1, -0.05) is 6.07 Å². The van der Waals surface area contributed by atoms with Gasteiger partial charge in [-0.05, 0) is 19.1 Å². The number of hydrogen-bond donors (Lipinski definition) is 2. The maximum Gasteiger partial charge on any atom is 0.160 e. The molecule has 1 unspecified atom stereocenters. The van der Waals surface area contributed by atoms with Gasteiger partial charge >= 0.3 is 0 Å². The Hall–Kier alpha value is -1.46. The highest BCUT2D eigenvalue weighted by molar-refractivity contribution is 5.37. The van der Waals surface area contributed by atoms with E-state index in [-0.39, 0.29) is 6.04 Å². The highest BCUT2D eigenvalue weighted by Crippen LogP contribution is 2.12. The summed E-state index contributed by atoms with van der Waals surface area (Å²) in [6.07, 6.45) is 2.00. The third-order valence-corrected chi connectivity index (χ3v) is 2.99. The fraction of sp³-hybridized carbons (Fsp3) is 0.455. The number of nitrogens with one attached hydrogen (secondary N) is 2. The second-order valence-corrected chi connectivity index (χ2v) is 4.23. The Labute approximate surface area is 93.9 Å². The number of aromatic nitrogens is 3. The van der Waals surface area contributed by atoms with Gasteiger partial charge in [0.1, 0.15) is 0 Å². The number of nitrogens with zero attached hydrogens (tertiary/aromatic N) is 3. The molecule has 1 aliphatic heterocycles. The fourth-order valence-electron chi connectivity index (χ4n) is 1.99. The molecule has 0 radical (unpaired) electrons. The van der Waals surface area contributed by atoms with Crippen molar-refractivity contribution in [1.29, 1.82) is 0 Å². The molecule has 5 heteroatoms. The molecular formula is C11H15N5. The number of rotatable bonds is 3. The zero-order valence-electron chi connectivity index (χ0n) is 9.22. The van der Waals surface area contributed by atoms with E-state index < -0.39 is 0 Å². The lowest BCUT2D eigenvalue weighted by atomic mass is 10.1. The van der Waals surface area contributed by atoms with Gasteiger partial charge in [0.2, 0.25) is 0 Å². The summed E-state index contributed by atoms with van der Waals surface area (Å²) in [5.74, 6) is 0.975. The summed E-state index contributed by atoms with van der Waals surface area (Å²) in [4.78, 5) is 0. The summed E-state index contributed by atoms with van der Waals surface area (Å²) in [6.45, 7) is 4.21. The second-order valence-electron chi connectivity index (χ2n) is 4.23. The van der Waals surface area contributed by atoms with Gasteiger partial charge in [0.05, 0.1) is 6.04 Å². The van der Waals surface area contributed by atoms with E-state index in [2.05, 4.69) is 27.8 Å². The molecule has 1 saturated heterocycles. The lowest BCUT2D eigenvalue weighted by molar-refractivity contribution is 0.332. The lowest BCUT2D eigenvalue weighted by Gasteiger charge is -2.30. The average Bonchev–Trinajstić information content (AvgIpc) is 2.67. The molecule has 16 heavy (non-hydrogen) atoms. The molecule has 0 bridgehead atoms. The molecule has 3 rings (SSSR count). The third kappa shape index (κ3) is 1.58. The van der Waals surface area contributed by atoms with Crippen LogP contribution < -0.4 is 10.6 Å². The number of fused-ring (bicyclic) bond motifs is 1. The summed E-state index contributed by atoms with van der Waals surface area (Å²) in [6, 6.07) is 6.73. The largest absolute Gasteiger partial charge is 0.314 e. The van der Waals surface area contributed by atoms with Crippen molar-refractivity contribution in [3.05, 3.63) is 30.2 Å². The smallest absolute Gasteiger partial charge is 0.160 e. The Morgan fingerprint density at radius 1 is 1.44 bits per heavy atom. The Bertz CT molecular complexity index is 488. The quantitative estimate of drug-likeness (QED) is 0.779. The maximum atomic E-state index is 4.24. The first-order valence-electron chi connectivity index (χ1n) is 5.61. The van der Waals surface area contributed by atoms with Crippen LogP contribution in [0.3, 0.4) is 0 Å². The van der Waals surface area contributed by atoms with Crippen molar-refractivity contribution in [2.45, 2.75) is 19.0 Å². The first-order chi connectivity index (χ1) is 7.84. The molecular weight excluding hydrogens is 202 g/mol. The normalized spacial score (nSPS) is 18.6. The van der Waals surface area contributed by atoms with Gasteiger partial charge in [-0.3, -0.25) is 4.40 Å². The highest BCUT2D eigenvalue weighted by atomic mass is 15.3. The minimum absolute atomic E-state index is 0.226. The zero-order valence-corrected chi connectivity index (χ0v) is 9.22. The monoisotopic (exact) mass is 217 g/mol. The average molecular weight is 217 g/mol. The summed E-state index contributed by atoms with van der Waals surface area (Å²) in [5, 5.41) is 15.2. The Balaban J connectivity index is 1.86. The number of pyridine rings is 1. The highest BCUT2D eigenvalue weighted by Gasteiger charge is 2.21. The minimum Gasteiger partial charge on any atom is -0.314 e. The molecule has 0 saturated carbocycles. The van der Waals surface area contributed by atoms with Crippen molar-refractivity contribution in [3.8, 4) is 0 Å². The van der Waals surface area contributed by atoms with E-state index in [1.54, 1.807) is 0 Å². The Kier molecular flexibility index (Phi) is 2.34. The van der Waals surface area contributed by atoms with Crippen molar-refractivity contribution < 1.29 is 0 Å². The number of hydrogen-bond acceptors (Lipinski definition) is 4. The second kappa shape index (κ2) is 3.84. The van der Waals surface area contributed by atoms with Gasteiger partial charge in [0.15, 0.2) is 11.5 Å². The van der Waals surface area contributed by atoms with Crippen LogP contribution in [0.2, 0.25) is 0 Å². The van der Waals surface area contributed by atoms with Crippen molar-refractivity contribution >= 4 is 5.65 Å². The van der Waals surface area contributed by atoms with Gasteiger partial charge in [-0.25, -0.2) is 0 Å². The van der Waals surface area contributed by atoms with Gasteiger partial charge < -0.3 is 10.6 Å². The Morgan fingerprint density at radius 2 is 2.31 bits per heavy atom. The van der Waals surface area contributed by atoms with Gasteiger partial charge in [-0.2, -0.15) is 0 Å². The van der Waals surface area contributed by atoms with Crippen LogP contribution >= 0.6 is 0 Å². The van der Waals surface area contributed by atoms with Crippen molar-refractivity contribution in [3.63, 3.8) is 0 Å². The van der Waals surface area contributed by atoms with E-state index in [4.69, 9.17) is 0 Å². The van der Waals surface area contributed by atoms with Gasteiger partial charge in [-0.15, -0.1) is 10.2 Å². The Morgan fingerprint density at radius 3 is 3.06 bits per heavy atom. The minimum atomic E-state index is 0.226. The van der Waals surface area contributed by atoms with E-state index >= 15 is 0 Å². The van der Waals surface area contributed by atoms with Crippen molar-refractivity contribution in [2.75, 3.05) is 13.1 Å². The van der Waals surface area contributed by atoms with Crippen LogP contribution in [0.5, 0.6) is 0 Å². The summed E-state index contributed by atoms with van der Waals surface area (Å²) in [5.41, 5.74) is 0.901. The molecule has 0 aliphatic carbocycles. The van der Waals surface area contributed by atoms with Crippen LogP contribution in [-0.4, -0.2) is 33.7 Å². The predicted octanol–water partition coefficient (Wildman–Crippen LogP) is 0.352. The van der Waals surface area contributed by atoms with E-state index in [0.29, 0.717) is 6.04 Å². The molecule has 1 atom stereocenters. The van der Waals surface area contributed by atoms with Crippen molar-refractivity contribution in [1.82, 2.24) is 25.2 Å². The standard InChI is InChI=1S/C11H15N5/c1-8(13-9-6-12-7-9)11-15-14-10-4-2-3-5-16(10)11/h2-5,8-9,12-13H,6-7H2,1H3. The SMILES string of the molecule is CC(NC1CNC1)c1nnc2ccccn12. The van der Waals surface area contributed by atoms with Gasteiger partial charge in [0, 0.05) is 25.3 Å². The summed E-state index contributed by atoms with van der Waals surface area (Å²) in [7, 11) is 0. The predicted molar refractivity (Wildman–Crippen MR) is 61.2 cm³/mol. The lowest BCUT2D eigenvalue weighted by Crippen LogP contribution is -2.55. The van der Waals surface area contributed by atoms with E-state index in [9.17, 15) is 0 Å². The van der Waals surface area contributed by atoms with E-state index in [1.165, 1.54) is 0 Å². The molecule has 3 heterocycles. The topological polar surface area (TPSA) is 54.2 Å². The molecule has 0 amide bonds. The van der Waals surface area contributed by atoms with E-state index in [1.807, 2.05) is 28.8 Å². The molecule has 2 aromatic rings. The van der Waals surface area contributed by atoms with Gasteiger partial charge in [0.25, 0.3) is 0 Å². The van der Waals surface area contributed by atoms with Crippen molar-refractivity contribution in [2.24, 2.45) is 0 Å². The first kappa shape index (κ1) is 9.74. The van der Waals surface area contributed by atoms with Crippen LogP contribution in [0, 0.1) is 0 Å². The summed E-state index contributed by atoms with van der Waals surface area (Å²) >= 11 is 0. The third-order valence-electron chi connectivity index (χ3n) is 2.99. The molecule has 2 N–H and O–H groups in total. The first-order valence-corrected chi connectivity index (χ1v) is 5.61. The van der Waals surface area contributed by atoms with Crippen LogP contribution in [-0.2, 0) is 0 Å². The molecule has 2 aromatic heterocycles. The van der Waals surface area contributed by atoms with Crippen LogP contribution in [0.25, 0.3) is 5.65 Å². The zero-order chi connectivity index (χ0) is 11.0. The molecule has 1 fully saturated rings. The van der Waals surface area contributed by atoms with Crippen LogP contribution in [0.4, 0.5) is 0 Å². The van der Waals surface area contributed by atoms with E-state index in [0.717, 1.165) is 24.6 Å². The molecule has 0 spiro atoms. The molecule has 5 nitrogen and oxygen atoms in total.